The highest BCUT2D eigenvalue weighted by Crippen LogP contribution is 2.31. The van der Waals surface area contributed by atoms with Gasteiger partial charge in [0, 0.05) is 49.7 Å². The van der Waals surface area contributed by atoms with Gasteiger partial charge < -0.3 is 19.1 Å². The second kappa shape index (κ2) is 9.60. The molecule has 1 saturated heterocycles. The molecule has 8 nitrogen and oxygen atoms in total. The van der Waals surface area contributed by atoms with E-state index in [1.165, 1.54) is 11.3 Å². The highest BCUT2D eigenvalue weighted by Gasteiger charge is 2.22. The van der Waals surface area contributed by atoms with Crippen molar-refractivity contribution in [3.63, 3.8) is 0 Å². The minimum atomic E-state index is -0.142. The number of nitrogens with zero attached hydrogens (tertiary/aromatic N) is 4. The number of methoxy groups -OCH3 is 1. The molecule has 0 saturated carbocycles. The quantitative estimate of drug-likeness (QED) is 0.395. The third-order valence-corrected chi connectivity index (χ3v) is 6.25. The summed E-state index contributed by atoms with van der Waals surface area (Å²) in [5.41, 5.74) is 2.29. The highest BCUT2D eigenvalue weighted by molar-refractivity contribution is 7.15. The van der Waals surface area contributed by atoms with Crippen LogP contribution in [0.15, 0.2) is 60.5 Å². The van der Waals surface area contributed by atoms with Crippen molar-refractivity contribution in [1.82, 2.24) is 19.3 Å². The molecule has 0 radical (unpaired) electrons. The Hall–Kier alpha value is -3.43. The first-order valence-corrected chi connectivity index (χ1v) is 11.6. The molecule has 0 N–H and O–H groups in total. The van der Waals surface area contributed by atoms with E-state index >= 15 is 0 Å². The smallest absolute Gasteiger partial charge is 0.274 e. The summed E-state index contributed by atoms with van der Waals surface area (Å²) in [7, 11) is 1.62. The standard InChI is InChI=1S/C24H24N4O4S/c1-30-22-11-17(4-5-21(22)32-19-6-9-31-16-19)13-28(14-18-3-2-7-25-12-18)23(29)20-15-27-8-10-33-24(27)26-20/h2-5,7-8,10-12,15,19H,6,9,13-14,16H2,1H3. The number of hydrogen-bond acceptors (Lipinski definition) is 7. The lowest BCUT2D eigenvalue weighted by Crippen LogP contribution is -2.30. The summed E-state index contributed by atoms with van der Waals surface area (Å²) < 4.78 is 18.9. The number of ether oxygens (including phenoxy) is 3. The molecule has 1 unspecified atom stereocenters. The van der Waals surface area contributed by atoms with Gasteiger partial charge in [-0.05, 0) is 29.3 Å². The minimum absolute atomic E-state index is 0.0307. The maximum absolute atomic E-state index is 13.4. The Morgan fingerprint density at radius 3 is 2.94 bits per heavy atom. The van der Waals surface area contributed by atoms with Crippen LogP contribution in [0.5, 0.6) is 11.5 Å². The number of benzene rings is 1. The van der Waals surface area contributed by atoms with Crippen LogP contribution < -0.4 is 9.47 Å². The zero-order valence-corrected chi connectivity index (χ0v) is 19.0. The van der Waals surface area contributed by atoms with Crippen LogP contribution in [-0.4, -0.2) is 51.6 Å². The lowest BCUT2D eigenvalue weighted by molar-refractivity contribution is 0.0724. The summed E-state index contributed by atoms with van der Waals surface area (Å²) in [5, 5.41) is 1.94. The van der Waals surface area contributed by atoms with Crippen LogP contribution in [0.2, 0.25) is 0 Å². The molecular weight excluding hydrogens is 440 g/mol. The number of carbonyl (C=O) groups is 1. The summed E-state index contributed by atoms with van der Waals surface area (Å²) in [6.07, 6.45) is 8.05. The third-order valence-electron chi connectivity index (χ3n) is 5.48. The van der Waals surface area contributed by atoms with Crippen LogP contribution in [-0.2, 0) is 17.8 Å². The second-order valence-corrected chi connectivity index (χ2v) is 8.70. The predicted octanol–water partition coefficient (Wildman–Crippen LogP) is 3.81. The molecule has 5 rings (SSSR count). The maximum Gasteiger partial charge on any atom is 0.274 e. The number of hydrogen-bond donors (Lipinski definition) is 0. The molecule has 170 valence electrons. The third kappa shape index (κ3) is 4.84. The molecule has 1 fully saturated rings. The molecule has 0 bridgehead atoms. The lowest BCUT2D eigenvalue weighted by atomic mass is 10.1. The maximum atomic E-state index is 13.4. The van der Waals surface area contributed by atoms with Crippen LogP contribution in [0.4, 0.5) is 0 Å². The number of rotatable bonds is 8. The molecule has 0 spiro atoms. The Morgan fingerprint density at radius 2 is 2.18 bits per heavy atom. The summed E-state index contributed by atoms with van der Waals surface area (Å²) in [6.45, 7) is 2.10. The fourth-order valence-electron chi connectivity index (χ4n) is 3.82. The van der Waals surface area contributed by atoms with E-state index in [9.17, 15) is 4.79 Å². The van der Waals surface area contributed by atoms with Gasteiger partial charge in [0.05, 0.1) is 20.3 Å². The highest BCUT2D eigenvalue weighted by atomic mass is 32.1. The summed E-state index contributed by atoms with van der Waals surface area (Å²) in [5.74, 6) is 1.17. The monoisotopic (exact) mass is 464 g/mol. The van der Waals surface area contributed by atoms with E-state index in [4.69, 9.17) is 14.2 Å². The molecule has 1 amide bonds. The van der Waals surface area contributed by atoms with E-state index in [0.717, 1.165) is 22.5 Å². The Labute approximate surface area is 195 Å². The average molecular weight is 465 g/mol. The van der Waals surface area contributed by atoms with Crippen molar-refractivity contribution in [3.05, 3.63) is 77.3 Å². The van der Waals surface area contributed by atoms with Crippen molar-refractivity contribution >= 4 is 22.2 Å². The number of carbonyl (C=O) groups excluding carboxylic acids is 1. The van der Waals surface area contributed by atoms with Crippen LogP contribution in [0, 0.1) is 0 Å². The fourth-order valence-corrected chi connectivity index (χ4v) is 4.52. The Bertz CT molecular complexity index is 1210. The van der Waals surface area contributed by atoms with Crippen molar-refractivity contribution in [3.8, 4) is 11.5 Å². The van der Waals surface area contributed by atoms with E-state index in [1.54, 1.807) is 30.6 Å². The SMILES string of the molecule is COc1cc(CN(Cc2cccnc2)C(=O)c2cn3ccsc3n2)ccc1OC1CCOC1. The van der Waals surface area contributed by atoms with Crippen molar-refractivity contribution in [2.75, 3.05) is 20.3 Å². The van der Waals surface area contributed by atoms with Crippen LogP contribution in [0.1, 0.15) is 28.0 Å². The van der Waals surface area contributed by atoms with Gasteiger partial charge in [-0.25, -0.2) is 4.98 Å². The molecule has 1 atom stereocenters. The average Bonchev–Trinajstić information content (AvgIpc) is 3.58. The predicted molar refractivity (Wildman–Crippen MR) is 124 cm³/mol. The number of pyridine rings is 1. The molecule has 1 aliphatic heterocycles. The van der Waals surface area contributed by atoms with Gasteiger partial charge in [0.1, 0.15) is 11.8 Å². The number of amides is 1. The number of imidazole rings is 1. The number of fused-ring (bicyclic) bond motifs is 1. The van der Waals surface area contributed by atoms with Gasteiger partial charge in [0.25, 0.3) is 5.91 Å². The van der Waals surface area contributed by atoms with E-state index in [1.807, 2.05) is 46.3 Å². The van der Waals surface area contributed by atoms with Crippen molar-refractivity contribution in [2.24, 2.45) is 0 Å². The topological polar surface area (TPSA) is 78.2 Å². The molecule has 9 heteroatoms. The van der Waals surface area contributed by atoms with Gasteiger partial charge in [-0.2, -0.15) is 0 Å². The van der Waals surface area contributed by atoms with Gasteiger partial charge in [-0.3, -0.25) is 14.2 Å². The van der Waals surface area contributed by atoms with Gasteiger partial charge in [-0.15, -0.1) is 11.3 Å². The summed E-state index contributed by atoms with van der Waals surface area (Å²) in [6, 6.07) is 9.60. The van der Waals surface area contributed by atoms with Crippen molar-refractivity contribution in [2.45, 2.75) is 25.6 Å². The molecule has 4 aromatic rings. The largest absolute Gasteiger partial charge is 0.493 e. The first kappa shape index (κ1) is 21.4. The van der Waals surface area contributed by atoms with Crippen molar-refractivity contribution in [1.29, 1.82) is 0 Å². The Balaban J connectivity index is 1.40. The second-order valence-electron chi connectivity index (χ2n) is 7.83. The van der Waals surface area contributed by atoms with Gasteiger partial charge >= 0.3 is 0 Å². The van der Waals surface area contributed by atoms with E-state index < -0.39 is 0 Å². The molecule has 0 aliphatic carbocycles. The molecule has 1 aliphatic rings. The normalized spacial score (nSPS) is 15.6. The zero-order chi connectivity index (χ0) is 22.6. The summed E-state index contributed by atoms with van der Waals surface area (Å²) >= 11 is 1.50. The van der Waals surface area contributed by atoms with E-state index in [2.05, 4.69) is 9.97 Å². The first-order valence-electron chi connectivity index (χ1n) is 10.7. The number of aromatic nitrogens is 3. The molecular formula is C24H24N4O4S. The van der Waals surface area contributed by atoms with Gasteiger partial charge in [0.15, 0.2) is 16.5 Å². The van der Waals surface area contributed by atoms with E-state index in [-0.39, 0.29) is 12.0 Å². The van der Waals surface area contributed by atoms with Crippen molar-refractivity contribution < 1.29 is 19.0 Å². The van der Waals surface area contributed by atoms with Crippen LogP contribution >= 0.6 is 11.3 Å². The van der Waals surface area contributed by atoms with Crippen LogP contribution in [0.25, 0.3) is 4.96 Å². The Morgan fingerprint density at radius 1 is 1.27 bits per heavy atom. The van der Waals surface area contributed by atoms with Gasteiger partial charge in [-0.1, -0.05) is 12.1 Å². The zero-order valence-electron chi connectivity index (χ0n) is 18.2. The lowest BCUT2D eigenvalue weighted by Gasteiger charge is -2.23. The van der Waals surface area contributed by atoms with E-state index in [0.29, 0.717) is 43.5 Å². The molecule has 4 heterocycles. The summed E-state index contributed by atoms with van der Waals surface area (Å²) in [4.78, 5) is 24.7. The van der Waals surface area contributed by atoms with Crippen LogP contribution in [0.3, 0.4) is 0 Å². The first-order chi connectivity index (χ1) is 16.2. The molecule has 3 aromatic heterocycles. The molecule has 1 aromatic carbocycles. The number of thiazole rings is 1. The molecule has 33 heavy (non-hydrogen) atoms. The minimum Gasteiger partial charge on any atom is -0.493 e. The fraction of sp³-hybridized carbons (Fsp3) is 0.292. The van der Waals surface area contributed by atoms with Gasteiger partial charge in [0.2, 0.25) is 0 Å². The Kier molecular flexibility index (Phi) is 6.23.